The molecule has 1 N–H and O–H groups in total. The number of ether oxygens (including phenoxy) is 2. The zero-order valence-corrected chi connectivity index (χ0v) is 10.9. The average molecular weight is 281 g/mol. The maximum absolute atomic E-state index is 10.9. The molecular weight excluding hydrogens is 266 g/mol. The fourth-order valence-corrected chi connectivity index (χ4v) is 2.08. The van der Waals surface area contributed by atoms with E-state index in [1.165, 1.54) is 6.07 Å². The van der Waals surface area contributed by atoms with Gasteiger partial charge in [-0.15, -0.1) is 0 Å². The van der Waals surface area contributed by atoms with E-state index in [0.29, 0.717) is 12.8 Å². The van der Waals surface area contributed by atoms with Crippen molar-refractivity contribution in [2.24, 2.45) is 0 Å². The van der Waals surface area contributed by atoms with Crippen molar-refractivity contribution in [1.29, 1.82) is 0 Å². The highest BCUT2D eigenvalue weighted by atomic mass is 16.6. The molecule has 0 aromatic heterocycles. The molecule has 20 heavy (non-hydrogen) atoms. The summed E-state index contributed by atoms with van der Waals surface area (Å²) in [6.07, 6.45) is -0.164. The molecule has 0 bridgehead atoms. The third-order valence-electron chi connectivity index (χ3n) is 3.12. The molecule has 1 heterocycles. The van der Waals surface area contributed by atoms with Gasteiger partial charge < -0.3 is 14.6 Å². The van der Waals surface area contributed by atoms with Gasteiger partial charge in [-0.2, -0.15) is 0 Å². The first-order valence-electron chi connectivity index (χ1n) is 6.23. The van der Waals surface area contributed by atoms with Crippen LogP contribution in [0.2, 0.25) is 0 Å². The molecule has 2 rings (SSSR count). The van der Waals surface area contributed by atoms with Crippen molar-refractivity contribution in [2.75, 3.05) is 6.61 Å². The fraction of sp³-hybridized carbons (Fsp3) is 0.462. The van der Waals surface area contributed by atoms with Gasteiger partial charge >= 0.3 is 11.7 Å². The number of benzene rings is 1. The number of carboxylic acids is 1. The van der Waals surface area contributed by atoms with Crippen LogP contribution in [0.25, 0.3) is 0 Å². The highest BCUT2D eigenvalue weighted by Crippen LogP contribution is 2.29. The third-order valence-corrected chi connectivity index (χ3v) is 3.12. The van der Waals surface area contributed by atoms with Crippen molar-refractivity contribution in [3.63, 3.8) is 0 Å². The van der Waals surface area contributed by atoms with Crippen LogP contribution in [0.1, 0.15) is 18.4 Å². The van der Waals surface area contributed by atoms with Gasteiger partial charge in [0.2, 0.25) is 0 Å². The lowest BCUT2D eigenvalue weighted by Crippen LogP contribution is -2.23. The van der Waals surface area contributed by atoms with Crippen molar-refractivity contribution >= 4 is 11.7 Å². The third kappa shape index (κ3) is 3.24. The minimum absolute atomic E-state index is 0.105. The Balaban J connectivity index is 1.99. The summed E-state index contributed by atoms with van der Waals surface area (Å²) in [5.74, 6) is -0.814. The summed E-state index contributed by atoms with van der Waals surface area (Å²) < 4.78 is 10.7. The highest BCUT2D eigenvalue weighted by Gasteiger charge is 2.31. The molecule has 0 spiro atoms. The van der Waals surface area contributed by atoms with E-state index >= 15 is 0 Å². The second kappa shape index (κ2) is 5.87. The van der Waals surface area contributed by atoms with E-state index < -0.39 is 17.0 Å². The zero-order chi connectivity index (χ0) is 14.7. The minimum atomic E-state index is -0.992. The number of carboxylic acid groups (broad SMARTS) is 1. The summed E-state index contributed by atoms with van der Waals surface area (Å²) >= 11 is 0. The lowest BCUT2D eigenvalue weighted by Gasteiger charge is -2.13. The van der Waals surface area contributed by atoms with Gasteiger partial charge in [-0.1, -0.05) is 6.07 Å². The molecule has 1 aromatic carbocycles. The highest BCUT2D eigenvalue weighted by molar-refractivity contribution is 5.72. The fourth-order valence-electron chi connectivity index (χ4n) is 2.08. The summed E-state index contributed by atoms with van der Waals surface area (Å²) in [6.45, 7) is 1.91. The van der Waals surface area contributed by atoms with Crippen molar-refractivity contribution < 1.29 is 24.3 Å². The van der Waals surface area contributed by atoms with Gasteiger partial charge in [0.25, 0.3) is 0 Å². The van der Waals surface area contributed by atoms with Gasteiger partial charge in [0.1, 0.15) is 6.61 Å². The molecule has 1 aliphatic rings. The molecule has 1 aromatic rings. The molecule has 7 heteroatoms. The molecule has 108 valence electrons. The maximum Gasteiger partial charge on any atom is 0.332 e. The van der Waals surface area contributed by atoms with E-state index in [4.69, 9.17) is 14.6 Å². The quantitative estimate of drug-likeness (QED) is 0.653. The average Bonchev–Trinajstić information content (AvgIpc) is 2.85. The van der Waals surface area contributed by atoms with E-state index in [1.807, 2.05) is 6.92 Å². The number of nitro benzene ring substituents is 1. The largest absolute Gasteiger partial charge is 0.484 e. The summed E-state index contributed by atoms with van der Waals surface area (Å²) in [5.41, 5.74) is 0.740. The Bertz CT molecular complexity index is 530. The lowest BCUT2D eigenvalue weighted by atomic mass is 10.2. The molecular formula is C13H15NO6. The Hall–Kier alpha value is -2.15. The number of aryl methyl sites for hydroxylation is 1. The van der Waals surface area contributed by atoms with Crippen LogP contribution < -0.4 is 4.74 Å². The molecule has 1 aliphatic heterocycles. The minimum Gasteiger partial charge on any atom is -0.484 e. The first-order chi connectivity index (χ1) is 9.47. The topological polar surface area (TPSA) is 98.9 Å². The molecule has 7 nitrogen and oxygen atoms in total. The molecule has 0 saturated carbocycles. The first-order valence-corrected chi connectivity index (χ1v) is 6.23. The van der Waals surface area contributed by atoms with Crippen LogP contribution in [-0.4, -0.2) is 34.8 Å². The van der Waals surface area contributed by atoms with E-state index in [-0.39, 0.29) is 24.1 Å². The number of hydrogen-bond donors (Lipinski definition) is 1. The van der Waals surface area contributed by atoms with E-state index in [9.17, 15) is 14.9 Å². The Morgan fingerprint density at radius 2 is 2.30 bits per heavy atom. The second-order valence-electron chi connectivity index (χ2n) is 4.70. The summed E-state index contributed by atoms with van der Waals surface area (Å²) in [4.78, 5) is 21.1. The normalized spacial score (nSPS) is 21.6. The van der Waals surface area contributed by atoms with Crippen LogP contribution in [0.15, 0.2) is 18.2 Å². The number of nitro groups is 1. The number of nitrogens with zero attached hydrogens (tertiary/aromatic N) is 1. The zero-order valence-electron chi connectivity index (χ0n) is 10.9. The second-order valence-corrected chi connectivity index (χ2v) is 4.70. The van der Waals surface area contributed by atoms with Crippen molar-refractivity contribution in [3.05, 3.63) is 33.9 Å². The monoisotopic (exact) mass is 281 g/mol. The van der Waals surface area contributed by atoms with E-state index in [1.54, 1.807) is 12.1 Å². The number of hydrogen-bond acceptors (Lipinski definition) is 5. The van der Waals surface area contributed by atoms with Gasteiger partial charge in [-0.3, -0.25) is 10.1 Å². The van der Waals surface area contributed by atoms with E-state index in [2.05, 4.69) is 0 Å². The maximum atomic E-state index is 10.9. The predicted octanol–water partition coefficient (Wildman–Crippen LogP) is 1.91. The van der Waals surface area contributed by atoms with Crippen molar-refractivity contribution in [1.82, 2.24) is 0 Å². The van der Waals surface area contributed by atoms with Crippen LogP contribution in [0.4, 0.5) is 5.69 Å². The molecule has 1 saturated heterocycles. The summed E-state index contributed by atoms with van der Waals surface area (Å²) in [5, 5.41) is 19.7. The Morgan fingerprint density at radius 1 is 1.55 bits per heavy atom. The molecule has 0 aliphatic carbocycles. The van der Waals surface area contributed by atoms with Gasteiger partial charge in [0.15, 0.2) is 11.9 Å². The SMILES string of the molecule is Cc1ccc([N+](=O)[O-])c(OCC2CCC(C(=O)O)O2)c1. The summed E-state index contributed by atoms with van der Waals surface area (Å²) in [7, 11) is 0. The van der Waals surface area contributed by atoms with Gasteiger partial charge in [-0.25, -0.2) is 4.79 Å². The van der Waals surface area contributed by atoms with Crippen LogP contribution in [0, 0.1) is 17.0 Å². The molecule has 0 amide bonds. The van der Waals surface area contributed by atoms with Gasteiger partial charge in [0, 0.05) is 6.07 Å². The van der Waals surface area contributed by atoms with Crippen molar-refractivity contribution in [2.45, 2.75) is 32.0 Å². The Morgan fingerprint density at radius 3 is 2.90 bits per heavy atom. The lowest BCUT2D eigenvalue weighted by molar-refractivity contribution is -0.385. The molecule has 0 radical (unpaired) electrons. The predicted molar refractivity (Wildman–Crippen MR) is 68.9 cm³/mol. The molecule has 2 unspecified atom stereocenters. The smallest absolute Gasteiger partial charge is 0.332 e. The van der Waals surface area contributed by atoms with Crippen LogP contribution in [-0.2, 0) is 9.53 Å². The van der Waals surface area contributed by atoms with Crippen LogP contribution >= 0.6 is 0 Å². The number of aliphatic carboxylic acids is 1. The molecule has 1 fully saturated rings. The Labute approximate surface area is 115 Å². The van der Waals surface area contributed by atoms with Crippen molar-refractivity contribution in [3.8, 4) is 5.75 Å². The van der Waals surface area contributed by atoms with Crippen LogP contribution in [0.3, 0.4) is 0 Å². The first kappa shape index (κ1) is 14.3. The molecule has 2 atom stereocenters. The van der Waals surface area contributed by atoms with Crippen LogP contribution in [0.5, 0.6) is 5.75 Å². The number of carbonyl (C=O) groups is 1. The Kier molecular flexibility index (Phi) is 4.19. The van der Waals surface area contributed by atoms with Gasteiger partial charge in [0.05, 0.1) is 11.0 Å². The summed E-state index contributed by atoms with van der Waals surface area (Å²) in [6, 6.07) is 4.61. The standard InChI is InChI=1S/C13H15NO6/c1-8-2-4-10(14(17)18)12(6-8)19-7-9-3-5-11(20-9)13(15)16/h2,4,6,9,11H,3,5,7H2,1H3,(H,15,16). The van der Waals surface area contributed by atoms with E-state index in [0.717, 1.165) is 5.56 Å². The number of rotatable bonds is 5. The van der Waals surface area contributed by atoms with Gasteiger partial charge in [-0.05, 0) is 31.4 Å².